The van der Waals surface area contributed by atoms with Gasteiger partial charge in [0.15, 0.2) is 0 Å². The van der Waals surface area contributed by atoms with Crippen molar-refractivity contribution in [3.8, 4) is 5.75 Å². The molecule has 2 aromatic carbocycles. The van der Waals surface area contributed by atoms with Crippen molar-refractivity contribution in [1.82, 2.24) is 0 Å². The van der Waals surface area contributed by atoms with Gasteiger partial charge in [-0.25, -0.2) is 0 Å². The van der Waals surface area contributed by atoms with Gasteiger partial charge in [0.2, 0.25) is 0 Å². The molecule has 0 aromatic heterocycles. The van der Waals surface area contributed by atoms with Crippen LogP contribution in [0.3, 0.4) is 0 Å². The van der Waals surface area contributed by atoms with E-state index >= 15 is 0 Å². The molecule has 0 bridgehead atoms. The smallest absolute Gasteiger partial charge is 0.125 e. The Kier molecular flexibility index (Phi) is 5.03. The monoisotopic (exact) mass is 283 g/mol. The van der Waals surface area contributed by atoms with Crippen LogP contribution in [0.15, 0.2) is 36.4 Å². The summed E-state index contributed by atoms with van der Waals surface area (Å²) < 4.78 is 6.04. The maximum atomic E-state index is 6.04. The zero-order valence-corrected chi connectivity index (χ0v) is 13.4. The van der Waals surface area contributed by atoms with Crippen molar-refractivity contribution in [2.75, 3.05) is 0 Å². The molecule has 1 unspecified atom stereocenters. The van der Waals surface area contributed by atoms with Gasteiger partial charge in [-0.1, -0.05) is 42.0 Å². The first kappa shape index (κ1) is 15.6. The van der Waals surface area contributed by atoms with Crippen LogP contribution in [0.1, 0.15) is 34.7 Å². The van der Waals surface area contributed by atoms with Crippen molar-refractivity contribution in [3.63, 3.8) is 0 Å². The van der Waals surface area contributed by atoms with Gasteiger partial charge in [-0.15, -0.1) is 0 Å². The number of ether oxygens (including phenoxy) is 1. The van der Waals surface area contributed by atoms with Crippen LogP contribution >= 0.6 is 0 Å². The summed E-state index contributed by atoms with van der Waals surface area (Å²) in [6, 6.07) is 13.0. The molecule has 2 aromatic rings. The zero-order chi connectivity index (χ0) is 15.4. The third kappa shape index (κ3) is 4.33. The van der Waals surface area contributed by atoms with E-state index in [1.165, 1.54) is 27.8 Å². The predicted octanol–water partition coefficient (Wildman–Crippen LogP) is 4.08. The minimum Gasteiger partial charge on any atom is -0.488 e. The van der Waals surface area contributed by atoms with Crippen LogP contribution in [-0.4, -0.2) is 6.04 Å². The molecule has 112 valence electrons. The van der Waals surface area contributed by atoms with E-state index in [9.17, 15) is 0 Å². The standard InChI is InChI=1S/C19H25NO/c1-13-6-5-7-17(8-13)12-21-19-14(2)9-18(10-15(19)3)11-16(4)20/h5-10,16H,11-12,20H2,1-4H3. The molecule has 0 saturated carbocycles. The SMILES string of the molecule is Cc1cccc(COc2c(C)cc(CC(C)N)cc2C)c1. The Morgan fingerprint density at radius 3 is 2.24 bits per heavy atom. The summed E-state index contributed by atoms with van der Waals surface area (Å²) >= 11 is 0. The van der Waals surface area contributed by atoms with E-state index in [4.69, 9.17) is 10.5 Å². The summed E-state index contributed by atoms with van der Waals surface area (Å²) in [7, 11) is 0. The number of hydrogen-bond donors (Lipinski definition) is 1. The zero-order valence-electron chi connectivity index (χ0n) is 13.4. The molecule has 0 aliphatic heterocycles. The van der Waals surface area contributed by atoms with Gasteiger partial charge in [-0.3, -0.25) is 0 Å². The molecule has 0 fully saturated rings. The van der Waals surface area contributed by atoms with Crippen molar-refractivity contribution in [2.45, 2.75) is 46.8 Å². The predicted molar refractivity (Wildman–Crippen MR) is 88.8 cm³/mol. The molecule has 0 heterocycles. The lowest BCUT2D eigenvalue weighted by Crippen LogP contribution is -2.18. The minimum absolute atomic E-state index is 0.183. The maximum Gasteiger partial charge on any atom is 0.125 e. The normalized spacial score (nSPS) is 12.2. The van der Waals surface area contributed by atoms with Gasteiger partial charge in [-0.05, 0) is 56.4 Å². The van der Waals surface area contributed by atoms with Crippen LogP contribution in [0.25, 0.3) is 0 Å². The average molecular weight is 283 g/mol. The molecule has 2 rings (SSSR count). The first-order valence-electron chi connectivity index (χ1n) is 7.49. The summed E-state index contributed by atoms with van der Waals surface area (Å²) in [5.41, 5.74) is 12.0. The van der Waals surface area contributed by atoms with Crippen LogP contribution < -0.4 is 10.5 Å². The molecule has 2 heteroatoms. The lowest BCUT2D eigenvalue weighted by molar-refractivity contribution is 0.302. The summed E-state index contributed by atoms with van der Waals surface area (Å²) in [5.74, 6) is 0.991. The first-order chi connectivity index (χ1) is 9.95. The Morgan fingerprint density at radius 1 is 1.00 bits per heavy atom. The van der Waals surface area contributed by atoms with E-state index in [-0.39, 0.29) is 6.04 Å². The summed E-state index contributed by atoms with van der Waals surface area (Å²) in [5, 5.41) is 0. The highest BCUT2D eigenvalue weighted by atomic mass is 16.5. The maximum absolute atomic E-state index is 6.04. The molecule has 1 atom stereocenters. The molecular formula is C19H25NO. The lowest BCUT2D eigenvalue weighted by atomic mass is 10.0. The molecule has 2 nitrogen and oxygen atoms in total. The fourth-order valence-corrected chi connectivity index (χ4v) is 2.71. The van der Waals surface area contributed by atoms with Crippen molar-refractivity contribution in [3.05, 3.63) is 64.2 Å². The number of hydrogen-bond acceptors (Lipinski definition) is 2. The van der Waals surface area contributed by atoms with Gasteiger partial charge in [0.1, 0.15) is 12.4 Å². The second kappa shape index (κ2) is 6.77. The largest absolute Gasteiger partial charge is 0.488 e. The van der Waals surface area contributed by atoms with Gasteiger partial charge in [0.05, 0.1) is 0 Å². The van der Waals surface area contributed by atoms with Crippen molar-refractivity contribution < 1.29 is 4.74 Å². The topological polar surface area (TPSA) is 35.2 Å². The van der Waals surface area contributed by atoms with Crippen LogP contribution in [0.2, 0.25) is 0 Å². The Morgan fingerprint density at radius 2 is 1.67 bits per heavy atom. The highest BCUT2D eigenvalue weighted by Gasteiger charge is 2.08. The van der Waals surface area contributed by atoms with E-state index in [1.807, 2.05) is 6.92 Å². The van der Waals surface area contributed by atoms with Crippen LogP contribution in [0.4, 0.5) is 0 Å². The van der Waals surface area contributed by atoms with Gasteiger partial charge in [0.25, 0.3) is 0 Å². The van der Waals surface area contributed by atoms with E-state index < -0.39 is 0 Å². The van der Waals surface area contributed by atoms with Crippen LogP contribution in [0.5, 0.6) is 5.75 Å². The van der Waals surface area contributed by atoms with E-state index in [0.717, 1.165) is 12.2 Å². The van der Waals surface area contributed by atoms with Crippen molar-refractivity contribution in [2.24, 2.45) is 5.73 Å². The van der Waals surface area contributed by atoms with Crippen LogP contribution in [-0.2, 0) is 13.0 Å². The number of nitrogens with two attached hydrogens (primary N) is 1. The summed E-state index contributed by atoms with van der Waals surface area (Å²) in [4.78, 5) is 0. The molecule has 0 aliphatic carbocycles. The first-order valence-corrected chi connectivity index (χ1v) is 7.49. The molecule has 2 N–H and O–H groups in total. The third-order valence-corrected chi connectivity index (χ3v) is 3.54. The van der Waals surface area contributed by atoms with Gasteiger partial charge in [-0.2, -0.15) is 0 Å². The summed E-state index contributed by atoms with van der Waals surface area (Å²) in [6.07, 6.45) is 0.903. The fraction of sp³-hybridized carbons (Fsp3) is 0.368. The third-order valence-electron chi connectivity index (χ3n) is 3.54. The molecule has 0 radical (unpaired) electrons. The minimum atomic E-state index is 0.183. The van der Waals surface area contributed by atoms with E-state index in [2.05, 4.69) is 57.2 Å². The van der Waals surface area contributed by atoms with E-state index in [0.29, 0.717) is 6.61 Å². The molecule has 0 saturated heterocycles. The number of aryl methyl sites for hydroxylation is 3. The fourth-order valence-electron chi connectivity index (χ4n) is 2.71. The molecule has 0 amide bonds. The second-order valence-electron chi connectivity index (χ2n) is 6.02. The highest BCUT2D eigenvalue weighted by Crippen LogP contribution is 2.26. The molecule has 21 heavy (non-hydrogen) atoms. The Bertz CT molecular complexity index is 594. The lowest BCUT2D eigenvalue weighted by Gasteiger charge is -2.15. The number of benzene rings is 2. The van der Waals surface area contributed by atoms with E-state index in [1.54, 1.807) is 0 Å². The quantitative estimate of drug-likeness (QED) is 0.897. The molecule has 0 aliphatic rings. The molecular weight excluding hydrogens is 258 g/mol. The second-order valence-corrected chi connectivity index (χ2v) is 6.02. The van der Waals surface area contributed by atoms with Crippen molar-refractivity contribution >= 4 is 0 Å². The Labute approximate surface area is 127 Å². The van der Waals surface area contributed by atoms with Gasteiger partial charge < -0.3 is 10.5 Å². The van der Waals surface area contributed by atoms with Crippen LogP contribution in [0, 0.1) is 20.8 Å². The average Bonchev–Trinajstić information content (AvgIpc) is 2.37. The summed E-state index contributed by atoms with van der Waals surface area (Å²) in [6.45, 7) is 8.94. The molecule has 0 spiro atoms. The van der Waals surface area contributed by atoms with Gasteiger partial charge >= 0.3 is 0 Å². The Hall–Kier alpha value is -1.80. The Balaban J connectivity index is 2.13. The number of rotatable bonds is 5. The van der Waals surface area contributed by atoms with Gasteiger partial charge in [0, 0.05) is 6.04 Å². The highest BCUT2D eigenvalue weighted by molar-refractivity contribution is 5.43. The van der Waals surface area contributed by atoms with Crippen molar-refractivity contribution in [1.29, 1.82) is 0 Å².